The number of benzene rings is 1. The molecule has 10 heteroatoms. The van der Waals surface area contributed by atoms with Crippen molar-refractivity contribution in [3.05, 3.63) is 47.4 Å². The summed E-state index contributed by atoms with van der Waals surface area (Å²) in [6.45, 7) is 1.95. The third-order valence-electron chi connectivity index (χ3n) is 4.12. The zero-order valence-electron chi connectivity index (χ0n) is 14.4. The Balaban J connectivity index is 0.000000279. The molecule has 2 aliphatic heterocycles. The normalized spacial score (nSPS) is 16.1. The van der Waals surface area contributed by atoms with Crippen LogP contribution in [0.5, 0.6) is 0 Å². The molecule has 0 unspecified atom stereocenters. The number of alkyl halides is 3. The lowest BCUT2D eigenvalue weighted by Crippen LogP contribution is -2.21. The Morgan fingerprint density at radius 2 is 1.93 bits per heavy atom. The maximum atomic E-state index is 14.5. The van der Waals surface area contributed by atoms with Gasteiger partial charge in [-0.05, 0) is 24.1 Å². The third-order valence-corrected chi connectivity index (χ3v) is 4.12. The van der Waals surface area contributed by atoms with Crippen molar-refractivity contribution in [3.8, 4) is 11.3 Å². The van der Waals surface area contributed by atoms with Gasteiger partial charge in [0.25, 0.3) is 0 Å². The van der Waals surface area contributed by atoms with Crippen LogP contribution < -0.4 is 5.32 Å². The molecule has 1 fully saturated rings. The van der Waals surface area contributed by atoms with Crippen LogP contribution in [0.3, 0.4) is 0 Å². The number of aliphatic carboxylic acids is 1. The van der Waals surface area contributed by atoms with Crippen molar-refractivity contribution in [1.29, 1.82) is 0 Å². The standard InChI is InChI=1S/C16H15FN2O2.C2HF3O2/c17-13-8-10(16-20-6-7-21-16)9-19-15(13)12-2-1-3-14-11(12)4-5-18-14;3-2(4,5)1(6)7/h1-3,8-9,16,18H,4-7H2;(H,6,7). The van der Waals surface area contributed by atoms with Gasteiger partial charge in [-0.2, -0.15) is 13.2 Å². The molecule has 2 N–H and O–H groups in total. The van der Waals surface area contributed by atoms with Gasteiger partial charge in [-0.25, -0.2) is 9.18 Å². The van der Waals surface area contributed by atoms with E-state index >= 15 is 0 Å². The quantitative estimate of drug-likeness (QED) is 0.751. The summed E-state index contributed by atoms with van der Waals surface area (Å²) in [5, 5.41) is 10.4. The molecule has 2 aliphatic rings. The van der Waals surface area contributed by atoms with E-state index in [1.165, 1.54) is 6.07 Å². The minimum Gasteiger partial charge on any atom is -0.475 e. The van der Waals surface area contributed by atoms with Crippen molar-refractivity contribution in [2.24, 2.45) is 0 Å². The van der Waals surface area contributed by atoms with Gasteiger partial charge in [-0.15, -0.1) is 0 Å². The number of halogens is 4. The van der Waals surface area contributed by atoms with Gasteiger partial charge < -0.3 is 19.9 Å². The van der Waals surface area contributed by atoms with Gasteiger partial charge in [-0.3, -0.25) is 4.98 Å². The first kappa shape index (κ1) is 20.0. The van der Waals surface area contributed by atoms with Crippen LogP contribution in [0, 0.1) is 5.82 Å². The van der Waals surface area contributed by atoms with Crippen LogP contribution in [0.25, 0.3) is 11.3 Å². The highest BCUT2D eigenvalue weighted by molar-refractivity contribution is 5.74. The molecular formula is C18H16F4N2O4. The zero-order valence-corrected chi connectivity index (χ0v) is 14.4. The minimum atomic E-state index is -5.08. The van der Waals surface area contributed by atoms with Gasteiger partial charge in [-0.1, -0.05) is 12.1 Å². The first-order valence-electron chi connectivity index (χ1n) is 8.32. The number of carboxylic acid groups (broad SMARTS) is 1. The van der Waals surface area contributed by atoms with Crippen LogP contribution in [0.2, 0.25) is 0 Å². The Labute approximate surface area is 157 Å². The molecule has 4 rings (SSSR count). The first-order chi connectivity index (χ1) is 13.3. The van der Waals surface area contributed by atoms with Gasteiger partial charge in [0.1, 0.15) is 11.5 Å². The highest BCUT2D eigenvalue weighted by Crippen LogP contribution is 2.34. The number of hydrogen-bond acceptors (Lipinski definition) is 5. The summed E-state index contributed by atoms with van der Waals surface area (Å²) in [7, 11) is 0. The monoisotopic (exact) mass is 400 g/mol. The van der Waals surface area contributed by atoms with E-state index in [0.717, 1.165) is 29.8 Å². The molecule has 1 aromatic heterocycles. The zero-order chi connectivity index (χ0) is 20.3. The number of hydrogen-bond donors (Lipinski definition) is 2. The van der Waals surface area contributed by atoms with E-state index in [0.29, 0.717) is 24.5 Å². The second kappa shape index (κ2) is 8.11. The summed E-state index contributed by atoms with van der Waals surface area (Å²) in [5.74, 6) is -3.10. The van der Waals surface area contributed by atoms with E-state index in [-0.39, 0.29) is 5.82 Å². The average molecular weight is 400 g/mol. The molecule has 2 aromatic rings. The Bertz CT molecular complexity index is 867. The molecule has 1 aromatic carbocycles. The number of anilines is 1. The van der Waals surface area contributed by atoms with Crippen LogP contribution >= 0.6 is 0 Å². The van der Waals surface area contributed by atoms with Crippen LogP contribution in [0.15, 0.2) is 30.5 Å². The van der Waals surface area contributed by atoms with E-state index in [9.17, 15) is 17.6 Å². The largest absolute Gasteiger partial charge is 0.490 e. The molecule has 28 heavy (non-hydrogen) atoms. The third kappa shape index (κ3) is 4.39. The number of aromatic nitrogens is 1. The van der Waals surface area contributed by atoms with Crippen molar-refractivity contribution in [3.63, 3.8) is 0 Å². The van der Waals surface area contributed by atoms with Crippen molar-refractivity contribution in [2.75, 3.05) is 25.1 Å². The molecule has 3 heterocycles. The second-order valence-electron chi connectivity index (χ2n) is 5.98. The highest BCUT2D eigenvalue weighted by Gasteiger charge is 2.38. The molecule has 6 nitrogen and oxygen atoms in total. The molecule has 0 aliphatic carbocycles. The lowest BCUT2D eigenvalue weighted by molar-refractivity contribution is -0.192. The van der Waals surface area contributed by atoms with E-state index in [4.69, 9.17) is 19.4 Å². The summed E-state index contributed by atoms with van der Waals surface area (Å²) >= 11 is 0. The lowest BCUT2D eigenvalue weighted by atomic mass is 10.0. The number of nitrogens with one attached hydrogen (secondary N) is 1. The molecule has 0 saturated carbocycles. The maximum Gasteiger partial charge on any atom is 0.490 e. The molecule has 0 radical (unpaired) electrons. The highest BCUT2D eigenvalue weighted by atomic mass is 19.4. The van der Waals surface area contributed by atoms with Crippen molar-refractivity contribution < 1.29 is 36.9 Å². The molecule has 0 atom stereocenters. The number of pyridine rings is 1. The Hall–Kier alpha value is -2.72. The van der Waals surface area contributed by atoms with Crippen LogP contribution in [0.4, 0.5) is 23.2 Å². The Kier molecular flexibility index (Phi) is 5.80. The summed E-state index contributed by atoms with van der Waals surface area (Å²) in [6, 6.07) is 7.31. The topological polar surface area (TPSA) is 80.7 Å². The average Bonchev–Trinajstić information content (AvgIpc) is 3.33. The van der Waals surface area contributed by atoms with Crippen molar-refractivity contribution in [1.82, 2.24) is 4.98 Å². The number of rotatable bonds is 2. The fraction of sp³-hybridized carbons (Fsp3) is 0.333. The van der Waals surface area contributed by atoms with Crippen LogP contribution in [0.1, 0.15) is 17.4 Å². The van der Waals surface area contributed by atoms with E-state index in [1.54, 1.807) is 6.20 Å². The van der Waals surface area contributed by atoms with E-state index < -0.39 is 18.4 Å². The van der Waals surface area contributed by atoms with Crippen LogP contribution in [-0.4, -0.2) is 42.0 Å². The number of nitrogens with zero attached hydrogens (tertiary/aromatic N) is 1. The predicted octanol–water partition coefficient (Wildman–Crippen LogP) is 3.53. The lowest BCUT2D eigenvalue weighted by Gasteiger charge is -2.12. The van der Waals surface area contributed by atoms with Gasteiger partial charge >= 0.3 is 12.1 Å². The Morgan fingerprint density at radius 1 is 1.25 bits per heavy atom. The summed E-state index contributed by atoms with van der Waals surface area (Å²) < 4.78 is 56.9. The molecule has 1 saturated heterocycles. The summed E-state index contributed by atoms with van der Waals surface area (Å²) in [4.78, 5) is 13.2. The maximum absolute atomic E-state index is 14.5. The predicted molar refractivity (Wildman–Crippen MR) is 90.2 cm³/mol. The molecule has 150 valence electrons. The number of carboxylic acids is 1. The minimum absolute atomic E-state index is 0.341. The Morgan fingerprint density at radius 3 is 2.54 bits per heavy atom. The van der Waals surface area contributed by atoms with Gasteiger partial charge in [0.2, 0.25) is 0 Å². The van der Waals surface area contributed by atoms with Crippen LogP contribution in [-0.2, 0) is 20.7 Å². The van der Waals surface area contributed by atoms with Gasteiger partial charge in [0.05, 0.1) is 13.2 Å². The molecule has 0 bridgehead atoms. The van der Waals surface area contributed by atoms with Crippen molar-refractivity contribution >= 4 is 11.7 Å². The number of ether oxygens (including phenoxy) is 2. The first-order valence-corrected chi connectivity index (χ1v) is 8.32. The van der Waals surface area contributed by atoms with Crippen molar-refractivity contribution in [2.45, 2.75) is 18.9 Å². The van der Waals surface area contributed by atoms with Gasteiger partial charge in [0.15, 0.2) is 6.29 Å². The summed E-state index contributed by atoms with van der Waals surface area (Å²) in [6.07, 6.45) is -3.05. The van der Waals surface area contributed by atoms with E-state index in [1.807, 2.05) is 18.2 Å². The molecular weight excluding hydrogens is 384 g/mol. The molecule has 0 spiro atoms. The van der Waals surface area contributed by atoms with E-state index in [2.05, 4.69) is 10.3 Å². The smallest absolute Gasteiger partial charge is 0.475 e. The summed E-state index contributed by atoms with van der Waals surface area (Å²) in [5.41, 5.74) is 4.07. The molecule has 0 amide bonds. The fourth-order valence-corrected chi connectivity index (χ4v) is 2.90. The SMILES string of the molecule is Fc1cc(C2OCCO2)cnc1-c1cccc2c1CCN2.O=C(O)C(F)(F)F. The number of carbonyl (C=O) groups is 1. The fourth-order valence-electron chi connectivity index (χ4n) is 2.90. The second-order valence-corrected chi connectivity index (χ2v) is 5.98. The van der Waals surface area contributed by atoms with Gasteiger partial charge in [0, 0.05) is 29.6 Å². The number of fused-ring (bicyclic) bond motifs is 1.